The van der Waals surface area contributed by atoms with E-state index in [1.54, 1.807) is 19.1 Å². The van der Waals surface area contributed by atoms with Crippen LogP contribution in [-0.4, -0.2) is 55.6 Å². The van der Waals surface area contributed by atoms with Crippen molar-refractivity contribution in [1.82, 2.24) is 15.1 Å². The Kier molecular flexibility index (Phi) is 3.69. The van der Waals surface area contributed by atoms with Crippen molar-refractivity contribution in [3.8, 4) is 0 Å². The van der Waals surface area contributed by atoms with Crippen LogP contribution in [0.5, 0.6) is 0 Å². The van der Waals surface area contributed by atoms with E-state index in [9.17, 15) is 9.59 Å². The first-order valence-electron chi connectivity index (χ1n) is 6.72. The zero-order chi connectivity index (χ0) is 15.0. The Balaban J connectivity index is 1.94. The number of nitrogens with zero attached hydrogens (tertiary/aromatic N) is 2. The second-order valence-corrected chi connectivity index (χ2v) is 6.02. The van der Waals surface area contributed by atoms with Crippen molar-refractivity contribution in [3.05, 3.63) is 33.7 Å². The van der Waals surface area contributed by atoms with Crippen LogP contribution in [0.25, 0.3) is 0 Å². The minimum atomic E-state index is -0.344. The van der Waals surface area contributed by atoms with Crippen LogP contribution in [0.4, 0.5) is 4.79 Å². The summed E-state index contributed by atoms with van der Waals surface area (Å²) in [6.07, 6.45) is 0. The van der Waals surface area contributed by atoms with Crippen LogP contribution in [0.2, 0.25) is 0 Å². The molecule has 1 N–H and O–H groups in total. The van der Waals surface area contributed by atoms with Crippen molar-refractivity contribution in [2.45, 2.75) is 6.04 Å². The number of hydrogen-bond donors (Lipinski definition) is 1. The van der Waals surface area contributed by atoms with E-state index in [-0.39, 0.29) is 18.0 Å². The van der Waals surface area contributed by atoms with E-state index in [1.807, 2.05) is 17.5 Å². The number of amides is 3. The minimum Gasteiger partial charge on any atom is -0.383 e. The van der Waals surface area contributed by atoms with E-state index in [4.69, 9.17) is 4.74 Å². The Morgan fingerprint density at radius 2 is 2.29 bits per heavy atom. The number of carbonyl (C=O) groups excluding carboxylic acids is 2. The van der Waals surface area contributed by atoms with Crippen LogP contribution in [0.3, 0.4) is 0 Å². The summed E-state index contributed by atoms with van der Waals surface area (Å²) in [7, 11) is 3.31. The number of nitrogens with one attached hydrogen (secondary N) is 1. The maximum Gasteiger partial charge on any atom is 0.322 e. The first-order valence-corrected chi connectivity index (χ1v) is 7.60. The Morgan fingerprint density at radius 1 is 1.48 bits per heavy atom. The number of ether oxygens (including phenoxy) is 1. The van der Waals surface area contributed by atoms with E-state index in [0.717, 1.165) is 10.6 Å². The van der Waals surface area contributed by atoms with E-state index < -0.39 is 0 Å². The summed E-state index contributed by atoms with van der Waals surface area (Å²) in [5.41, 5.74) is 1.47. The summed E-state index contributed by atoms with van der Waals surface area (Å²) in [5, 5.41) is 4.85. The number of hydrogen-bond acceptors (Lipinski definition) is 4. The van der Waals surface area contributed by atoms with Crippen LogP contribution < -0.4 is 5.32 Å². The minimum absolute atomic E-state index is 0.0210. The molecule has 0 fully saturated rings. The molecule has 1 aromatic rings. The molecule has 21 heavy (non-hydrogen) atoms. The number of urea groups is 1. The normalized spacial score (nSPS) is 21.9. The standard InChI is InChI=1S/C14H17N3O3S/c1-16-9-8-17(5-6-20-2)13(18)11(9)12(15-14(16)19)10-4-3-7-21-10/h3-4,7,12H,5-6,8H2,1-2H3,(H,15,19)/t12-/m1/s1. The van der Waals surface area contributed by atoms with Gasteiger partial charge in [0.25, 0.3) is 5.91 Å². The topological polar surface area (TPSA) is 61.9 Å². The fourth-order valence-electron chi connectivity index (χ4n) is 2.67. The average Bonchev–Trinajstić information content (AvgIpc) is 3.10. The Bertz CT molecular complexity index is 597. The summed E-state index contributed by atoms with van der Waals surface area (Å²) in [4.78, 5) is 29.0. The molecule has 2 aliphatic rings. The predicted molar refractivity (Wildman–Crippen MR) is 78.8 cm³/mol. The van der Waals surface area contributed by atoms with Gasteiger partial charge in [-0.15, -0.1) is 11.3 Å². The third-order valence-corrected chi connectivity index (χ3v) is 4.77. The third-order valence-electron chi connectivity index (χ3n) is 3.83. The van der Waals surface area contributed by atoms with Crippen LogP contribution in [0.15, 0.2) is 28.8 Å². The van der Waals surface area contributed by atoms with Crippen molar-refractivity contribution in [2.24, 2.45) is 0 Å². The molecule has 0 unspecified atom stereocenters. The first kappa shape index (κ1) is 14.1. The van der Waals surface area contributed by atoms with Crippen LogP contribution in [0, 0.1) is 0 Å². The number of thiophene rings is 1. The van der Waals surface area contributed by atoms with Gasteiger partial charge in [-0.1, -0.05) is 6.07 Å². The molecule has 7 heteroatoms. The van der Waals surface area contributed by atoms with E-state index in [2.05, 4.69) is 5.32 Å². The molecule has 1 aromatic heterocycles. The summed E-state index contributed by atoms with van der Waals surface area (Å²) in [6, 6.07) is 3.35. The lowest BCUT2D eigenvalue weighted by Crippen LogP contribution is -2.45. The maximum absolute atomic E-state index is 12.6. The van der Waals surface area contributed by atoms with Crippen LogP contribution >= 0.6 is 11.3 Å². The molecule has 6 nitrogen and oxygen atoms in total. The Morgan fingerprint density at radius 3 is 2.95 bits per heavy atom. The molecule has 3 rings (SSSR count). The van der Waals surface area contributed by atoms with Crippen molar-refractivity contribution >= 4 is 23.3 Å². The van der Waals surface area contributed by atoms with Gasteiger partial charge in [0.2, 0.25) is 0 Å². The quantitative estimate of drug-likeness (QED) is 0.909. The van der Waals surface area contributed by atoms with Crippen molar-refractivity contribution in [2.75, 3.05) is 33.9 Å². The van der Waals surface area contributed by atoms with Crippen molar-refractivity contribution in [3.63, 3.8) is 0 Å². The summed E-state index contributed by atoms with van der Waals surface area (Å²) in [5.74, 6) is -0.0210. The second kappa shape index (κ2) is 5.50. The van der Waals surface area contributed by atoms with Gasteiger partial charge in [0.1, 0.15) is 0 Å². The Hall–Kier alpha value is -1.86. The van der Waals surface area contributed by atoms with Gasteiger partial charge in [0, 0.05) is 25.6 Å². The predicted octanol–water partition coefficient (Wildman–Crippen LogP) is 1.19. The number of methoxy groups -OCH3 is 1. The number of rotatable bonds is 4. The highest BCUT2D eigenvalue weighted by molar-refractivity contribution is 7.10. The smallest absolute Gasteiger partial charge is 0.322 e. The summed E-state index contributed by atoms with van der Waals surface area (Å²) >= 11 is 1.54. The maximum atomic E-state index is 12.6. The van der Waals surface area contributed by atoms with Gasteiger partial charge in [-0.2, -0.15) is 0 Å². The van der Waals surface area contributed by atoms with Crippen molar-refractivity contribution in [1.29, 1.82) is 0 Å². The van der Waals surface area contributed by atoms with E-state index in [1.165, 1.54) is 16.2 Å². The van der Waals surface area contributed by atoms with E-state index >= 15 is 0 Å². The Labute approximate surface area is 127 Å². The van der Waals surface area contributed by atoms with Crippen LogP contribution in [0.1, 0.15) is 10.9 Å². The zero-order valence-corrected chi connectivity index (χ0v) is 12.8. The molecule has 0 aromatic carbocycles. The molecule has 2 aliphatic heterocycles. The average molecular weight is 307 g/mol. The van der Waals surface area contributed by atoms with E-state index in [0.29, 0.717) is 25.3 Å². The molecular weight excluding hydrogens is 290 g/mol. The van der Waals surface area contributed by atoms with Gasteiger partial charge in [-0.25, -0.2) is 4.79 Å². The lowest BCUT2D eigenvalue weighted by molar-refractivity contribution is -0.126. The fraction of sp³-hybridized carbons (Fsp3) is 0.429. The lowest BCUT2D eigenvalue weighted by Gasteiger charge is -2.30. The molecule has 0 saturated carbocycles. The highest BCUT2D eigenvalue weighted by Crippen LogP contribution is 2.36. The molecule has 0 aliphatic carbocycles. The molecule has 1 atom stereocenters. The molecular formula is C14H17N3O3S. The molecule has 3 heterocycles. The molecule has 3 amide bonds. The number of carbonyl (C=O) groups is 2. The first-order chi connectivity index (χ1) is 10.1. The van der Waals surface area contributed by atoms with Gasteiger partial charge >= 0.3 is 6.03 Å². The summed E-state index contributed by atoms with van der Waals surface area (Å²) < 4.78 is 5.05. The molecule has 0 saturated heterocycles. The molecule has 0 bridgehead atoms. The van der Waals surface area contributed by atoms with Crippen LogP contribution in [-0.2, 0) is 9.53 Å². The monoisotopic (exact) mass is 307 g/mol. The van der Waals surface area contributed by atoms with Gasteiger partial charge in [0.15, 0.2) is 0 Å². The van der Waals surface area contributed by atoms with Gasteiger partial charge in [-0.3, -0.25) is 9.69 Å². The summed E-state index contributed by atoms with van der Waals surface area (Å²) in [6.45, 7) is 1.48. The third kappa shape index (κ3) is 2.32. The molecule has 112 valence electrons. The van der Waals surface area contributed by atoms with Gasteiger partial charge in [0.05, 0.1) is 30.5 Å². The molecule has 0 spiro atoms. The van der Waals surface area contributed by atoms with Crippen molar-refractivity contribution < 1.29 is 14.3 Å². The number of likely N-dealkylation sites (N-methyl/N-ethyl adjacent to an activating group) is 1. The largest absolute Gasteiger partial charge is 0.383 e. The lowest BCUT2D eigenvalue weighted by atomic mass is 10.0. The SMILES string of the molecule is COCCN1CC2=C(C1=O)[C@@H](c1cccs1)NC(=O)N2C. The highest BCUT2D eigenvalue weighted by Gasteiger charge is 2.42. The fourth-order valence-corrected chi connectivity index (χ4v) is 3.46. The second-order valence-electron chi connectivity index (χ2n) is 5.04. The molecule has 0 radical (unpaired) electrons. The van der Waals surface area contributed by atoms with Gasteiger partial charge < -0.3 is 15.0 Å². The zero-order valence-electron chi connectivity index (χ0n) is 12.0. The van der Waals surface area contributed by atoms with Gasteiger partial charge in [-0.05, 0) is 11.4 Å². The highest BCUT2D eigenvalue weighted by atomic mass is 32.1.